The third-order valence-electron chi connectivity index (χ3n) is 3.97. The van der Waals surface area contributed by atoms with Crippen LogP contribution in [-0.4, -0.2) is 19.5 Å². The summed E-state index contributed by atoms with van der Waals surface area (Å²) >= 11 is 0. The number of rotatable bonds is 11. The van der Waals surface area contributed by atoms with Crippen molar-refractivity contribution in [3.05, 3.63) is 71.8 Å². The van der Waals surface area contributed by atoms with Crippen molar-refractivity contribution in [2.75, 3.05) is 13.2 Å². The first-order valence-corrected chi connectivity index (χ1v) is 8.82. The van der Waals surface area contributed by atoms with Crippen molar-refractivity contribution in [1.29, 1.82) is 0 Å². The molecule has 0 spiro atoms. The molecule has 0 aliphatic heterocycles. The number of hydrogen-bond acceptors (Lipinski definition) is 3. The minimum absolute atomic E-state index is 0.531. The molecule has 3 heteroatoms. The fourth-order valence-electron chi connectivity index (χ4n) is 2.65. The van der Waals surface area contributed by atoms with Crippen LogP contribution in [0.1, 0.15) is 47.7 Å². The molecule has 0 unspecified atom stereocenters. The van der Waals surface area contributed by atoms with E-state index in [-0.39, 0.29) is 0 Å². The average molecular weight is 338 g/mol. The maximum atomic E-state index is 11.0. The molecule has 0 fully saturated rings. The van der Waals surface area contributed by atoms with Crippen LogP contribution in [-0.2, 0) is 11.2 Å². The largest absolute Gasteiger partial charge is 0.494 e. The van der Waals surface area contributed by atoms with Crippen LogP contribution in [0, 0.1) is 0 Å². The summed E-state index contributed by atoms with van der Waals surface area (Å²) in [4.78, 5) is 11.0. The van der Waals surface area contributed by atoms with Crippen LogP contribution < -0.4 is 4.74 Å². The number of benzene rings is 2. The molecule has 0 saturated heterocycles. The topological polar surface area (TPSA) is 35.5 Å². The van der Waals surface area contributed by atoms with Gasteiger partial charge in [0.05, 0.1) is 18.8 Å². The van der Waals surface area contributed by atoms with Gasteiger partial charge in [0.2, 0.25) is 0 Å². The van der Waals surface area contributed by atoms with Gasteiger partial charge in [-0.1, -0.05) is 36.9 Å². The molecule has 0 bridgehead atoms. The first-order chi connectivity index (χ1) is 12.2. The molecule has 0 heterocycles. The zero-order valence-electron chi connectivity index (χ0n) is 14.9. The van der Waals surface area contributed by atoms with Gasteiger partial charge in [-0.25, -0.2) is 0 Å². The van der Waals surface area contributed by atoms with Crippen molar-refractivity contribution in [2.24, 2.45) is 0 Å². The first-order valence-electron chi connectivity index (χ1n) is 8.82. The summed E-state index contributed by atoms with van der Waals surface area (Å²) in [5, 5.41) is 0. The van der Waals surface area contributed by atoms with Crippen LogP contribution >= 0.6 is 0 Å². The van der Waals surface area contributed by atoms with Gasteiger partial charge in [-0.15, -0.1) is 0 Å². The molecule has 0 aliphatic carbocycles. The Morgan fingerprint density at radius 2 is 1.88 bits per heavy atom. The summed E-state index contributed by atoms with van der Waals surface area (Å²) in [6.07, 6.45) is 5.17. The lowest BCUT2D eigenvalue weighted by Crippen LogP contribution is -2.02. The van der Waals surface area contributed by atoms with Crippen LogP contribution in [0.3, 0.4) is 0 Å². The Hall–Kier alpha value is -2.55. The second kappa shape index (κ2) is 10.3. The van der Waals surface area contributed by atoms with Crippen molar-refractivity contribution < 1.29 is 14.3 Å². The number of carbonyl (C=O) groups is 1. The standard InChI is InChI=1S/C22H26O3/c1-3-24-18(2)21-16-20(17-23)13-14-22(21)25-15-9-5-8-12-19-10-6-4-7-11-19/h4,6-7,10-11,13-14,16-17H,2-3,5,8-9,12,15H2,1H3. The number of aldehydes is 1. The molecule has 0 amide bonds. The Balaban J connectivity index is 1.81. The average Bonchev–Trinajstić information content (AvgIpc) is 2.65. The molecule has 3 nitrogen and oxygen atoms in total. The van der Waals surface area contributed by atoms with Gasteiger partial charge in [0.25, 0.3) is 0 Å². The summed E-state index contributed by atoms with van der Waals surface area (Å²) in [5.74, 6) is 1.25. The summed E-state index contributed by atoms with van der Waals surface area (Å²) < 4.78 is 11.4. The Morgan fingerprint density at radius 1 is 1.08 bits per heavy atom. The minimum atomic E-state index is 0.531. The lowest BCUT2D eigenvalue weighted by atomic mass is 10.1. The van der Waals surface area contributed by atoms with E-state index in [9.17, 15) is 4.79 Å². The maximum Gasteiger partial charge on any atom is 0.150 e. The van der Waals surface area contributed by atoms with Gasteiger partial charge < -0.3 is 9.47 Å². The monoisotopic (exact) mass is 338 g/mol. The maximum absolute atomic E-state index is 11.0. The van der Waals surface area contributed by atoms with Gasteiger partial charge in [-0.3, -0.25) is 4.79 Å². The molecular weight excluding hydrogens is 312 g/mol. The Morgan fingerprint density at radius 3 is 2.60 bits per heavy atom. The summed E-state index contributed by atoms with van der Waals surface area (Å²) in [5.41, 5.74) is 2.71. The fourth-order valence-corrected chi connectivity index (χ4v) is 2.65. The predicted molar refractivity (Wildman–Crippen MR) is 102 cm³/mol. The molecule has 2 aromatic carbocycles. The fraction of sp³-hybridized carbons (Fsp3) is 0.318. The van der Waals surface area contributed by atoms with E-state index in [1.165, 1.54) is 5.56 Å². The first kappa shape index (κ1) is 18.8. The Bertz CT molecular complexity index is 677. The smallest absolute Gasteiger partial charge is 0.150 e. The lowest BCUT2D eigenvalue weighted by Gasteiger charge is -2.14. The molecular formula is C22H26O3. The minimum Gasteiger partial charge on any atom is -0.494 e. The Labute approximate surface area is 150 Å². The lowest BCUT2D eigenvalue weighted by molar-refractivity contribution is 0.112. The highest BCUT2D eigenvalue weighted by molar-refractivity contribution is 5.78. The number of hydrogen-bond donors (Lipinski definition) is 0. The van der Waals surface area contributed by atoms with Gasteiger partial charge in [0, 0.05) is 5.56 Å². The molecule has 0 aromatic heterocycles. The molecule has 0 saturated carbocycles. The molecule has 0 radical (unpaired) electrons. The van der Waals surface area contributed by atoms with Gasteiger partial charge in [0.15, 0.2) is 0 Å². The van der Waals surface area contributed by atoms with E-state index in [0.29, 0.717) is 30.3 Å². The highest BCUT2D eigenvalue weighted by atomic mass is 16.5. The Kier molecular flexibility index (Phi) is 7.77. The van der Waals surface area contributed by atoms with E-state index in [1.54, 1.807) is 12.1 Å². The van der Waals surface area contributed by atoms with Gasteiger partial charge in [-0.05, 0) is 56.4 Å². The second-order valence-corrected chi connectivity index (χ2v) is 5.87. The molecule has 25 heavy (non-hydrogen) atoms. The number of aryl methyl sites for hydroxylation is 1. The predicted octanol–water partition coefficient (Wildman–Crippen LogP) is 5.30. The molecule has 0 aliphatic rings. The van der Waals surface area contributed by atoms with E-state index >= 15 is 0 Å². The third-order valence-corrected chi connectivity index (χ3v) is 3.97. The highest BCUT2D eigenvalue weighted by Crippen LogP contribution is 2.27. The summed E-state index contributed by atoms with van der Waals surface area (Å²) in [7, 11) is 0. The van der Waals surface area contributed by atoms with Crippen molar-refractivity contribution in [3.63, 3.8) is 0 Å². The van der Waals surface area contributed by atoms with Gasteiger partial charge in [0.1, 0.15) is 17.8 Å². The summed E-state index contributed by atoms with van der Waals surface area (Å²) in [6, 6.07) is 15.8. The van der Waals surface area contributed by atoms with Crippen molar-refractivity contribution >= 4 is 12.0 Å². The third kappa shape index (κ3) is 6.11. The van der Waals surface area contributed by atoms with E-state index in [0.717, 1.165) is 37.5 Å². The number of carbonyl (C=O) groups excluding carboxylic acids is 1. The van der Waals surface area contributed by atoms with Crippen LogP contribution in [0.25, 0.3) is 5.76 Å². The number of ether oxygens (including phenoxy) is 2. The quantitative estimate of drug-likeness (QED) is 0.317. The van der Waals surface area contributed by atoms with Gasteiger partial charge in [-0.2, -0.15) is 0 Å². The van der Waals surface area contributed by atoms with Crippen LogP contribution in [0.5, 0.6) is 5.75 Å². The second-order valence-electron chi connectivity index (χ2n) is 5.87. The normalized spacial score (nSPS) is 10.3. The SMILES string of the molecule is C=C(OCC)c1cc(C=O)ccc1OCCCCCc1ccccc1. The highest BCUT2D eigenvalue weighted by Gasteiger charge is 2.10. The van der Waals surface area contributed by atoms with Crippen LogP contribution in [0.2, 0.25) is 0 Å². The van der Waals surface area contributed by atoms with E-state index in [1.807, 2.05) is 19.1 Å². The molecule has 0 N–H and O–H groups in total. The van der Waals surface area contributed by atoms with Crippen LogP contribution in [0.15, 0.2) is 55.1 Å². The molecule has 2 rings (SSSR count). The van der Waals surface area contributed by atoms with Crippen molar-refractivity contribution in [1.82, 2.24) is 0 Å². The van der Waals surface area contributed by atoms with E-state index in [2.05, 4.69) is 30.8 Å². The van der Waals surface area contributed by atoms with Crippen LogP contribution in [0.4, 0.5) is 0 Å². The van der Waals surface area contributed by atoms with E-state index in [4.69, 9.17) is 9.47 Å². The zero-order chi connectivity index (χ0) is 17.9. The number of unbranched alkanes of at least 4 members (excludes halogenated alkanes) is 2. The van der Waals surface area contributed by atoms with Gasteiger partial charge >= 0.3 is 0 Å². The van der Waals surface area contributed by atoms with E-state index < -0.39 is 0 Å². The van der Waals surface area contributed by atoms with Crippen molar-refractivity contribution in [2.45, 2.75) is 32.6 Å². The molecule has 0 atom stereocenters. The molecule has 2 aromatic rings. The summed E-state index contributed by atoms with van der Waals surface area (Å²) in [6.45, 7) is 7.00. The molecule has 132 valence electrons. The van der Waals surface area contributed by atoms with Crippen molar-refractivity contribution in [3.8, 4) is 5.75 Å². The zero-order valence-corrected chi connectivity index (χ0v) is 14.9.